The highest BCUT2D eigenvalue weighted by atomic mass is 16.5. The molecule has 30 heavy (non-hydrogen) atoms. The van der Waals surface area contributed by atoms with Crippen molar-refractivity contribution in [3.8, 4) is 12.3 Å². The van der Waals surface area contributed by atoms with E-state index in [2.05, 4.69) is 16.6 Å². The Balaban J connectivity index is 2.07. The topological polar surface area (TPSA) is 90.9 Å². The number of β-amino-alcohol motifs (C(OH)–C–C–N with tert-alkyl or cyclic N) is 1. The molecule has 0 aromatic heterocycles. The Morgan fingerprint density at radius 1 is 1.33 bits per heavy atom. The predicted molar refractivity (Wildman–Crippen MR) is 115 cm³/mol. The molecule has 1 aromatic rings. The van der Waals surface area contributed by atoms with Gasteiger partial charge in [0.2, 0.25) is 11.8 Å². The second-order valence-corrected chi connectivity index (χ2v) is 8.70. The highest BCUT2D eigenvalue weighted by Crippen LogP contribution is 2.26. The molecule has 0 radical (unpaired) electrons. The van der Waals surface area contributed by atoms with E-state index in [0.717, 1.165) is 11.1 Å². The van der Waals surface area contributed by atoms with Crippen molar-refractivity contribution in [2.75, 3.05) is 26.8 Å². The average molecular weight is 416 g/mol. The molecule has 7 nitrogen and oxygen atoms in total. The quantitative estimate of drug-likeness (QED) is 0.433. The van der Waals surface area contributed by atoms with Crippen LogP contribution >= 0.6 is 0 Å². The molecule has 0 bridgehead atoms. The number of carbonyl (C=O) groups is 2. The molecule has 1 saturated heterocycles. The van der Waals surface area contributed by atoms with Crippen molar-refractivity contribution in [2.45, 2.75) is 51.9 Å². The number of hydrogen-bond donors (Lipinski definition) is 3. The lowest BCUT2D eigenvalue weighted by atomic mass is 9.85. The van der Waals surface area contributed by atoms with Crippen molar-refractivity contribution in [3.63, 3.8) is 0 Å². The smallest absolute Gasteiger partial charge is 0.243 e. The van der Waals surface area contributed by atoms with Crippen molar-refractivity contribution >= 4 is 11.8 Å². The Morgan fingerprint density at radius 3 is 2.57 bits per heavy atom. The average Bonchev–Trinajstić information content (AvgIpc) is 3.10. The molecule has 1 fully saturated rings. The summed E-state index contributed by atoms with van der Waals surface area (Å²) in [6.07, 6.45) is 4.86. The number of likely N-dealkylation sites (tertiary alicyclic amines) is 1. The van der Waals surface area contributed by atoms with Gasteiger partial charge in [0.05, 0.1) is 18.8 Å². The minimum Gasteiger partial charge on any atom is -0.391 e. The molecule has 0 saturated carbocycles. The van der Waals surface area contributed by atoms with Crippen LogP contribution in [0.4, 0.5) is 0 Å². The monoisotopic (exact) mass is 415 g/mol. The second-order valence-electron chi connectivity index (χ2n) is 8.70. The molecule has 2 amide bonds. The van der Waals surface area contributed by atoms with E-state index in [4.69, 9.17) is 11.2 Å². The fraction of sp³-hybridized carbons (Fsp3) is 0.565. The fourth-order valence-corrected chi connectivity index (χ4v) is 3.57. The zero-order chi connectivity index (χ0) is 22.3. The number of ether oxygens (including phenoxy) is 1. The van der Waals surface area contributed by atoms with Gasteiger partial charge >= 0.3 is 0 Å². The van der Waals surface area contributed by atoms with Crippen LogP contribution in [0.25, 0.3) is 0 Å². The van der Waals surface area contributed by atoms with Crippen molar-refractivity contribution < 1.29 is 19.4 Å². The number of nitrogens with zero attached hydrogens (tertiary/aromatic N) is 1. The highest BCUT2D eigenvalue weighted by Gasteiger charge is 2.43. The van der Waals surface area contributed by atoms with Gasteiger partial charge in [0.1, 0.15) is 6.04 Å². The fourth-order valence-electron chi connectivity index (χ4n) is 3.57. The standard InChI is InChI=1S/C23H33N3O4/c1-6-16-7-9-17(10-8-16)14-25-21(28)19-13-18(27)15-26(19)22(29)20(23(2,3)4)24-11-12-30-5/h1,7-10,18-20,24,27H,11-15H2,2-5H3,(H,25,28)/t18?,19?,20-/m1/s1. The first-order valence-electron chi connectivity index (χ1n) is 10.2. The van der Waals surface area contributed by atoms with E-state index in [-0.39, 0.29) is 30.2 Å². The third kappa shape index (κ3) is 6.30. The molecule has 0 aliphatic carbocycles. The van der Waals surface area contributed by atoms with Gasteiger partial charge < -0.3 is 25.4 Å². The molecule has 2 rings (SSSR count). The summed E-state index contributed by atoms with van der Waals surface area (Å²) >= 11 is 0. The molecule has 1 aliphatic rings. The largest absolute Gasteiger partial charge is 0.391 e. The van der Waals surface area contributed by atoms with E-state index in [1.54, 1.807) is 7.11 Å². The van der Waals surface area contributed by atoms with Gasteiger partial charge in [-0.15, -0.1) is 6.42 Å². The molecule has 1 aliphatic heterocycles. The molecule has 164 valence electrons. The number of nitrogens with one attached hydrogen (secondary N) is 2. The van der Waals surface area contributed by atoms with Crippen LogP contribution in [0.5, 0.6) is 0 Å². The summed E-state index contributed by atoms with van der Waals surface area (Å²) in [4.78, 5) is 27.6. The molecule has 7 heteroatoms. The Bertz CT molecular complexity index is 764. The van der Waals surface area contributed by atoms with E-state index in [1.807, 2.05) is 45.0 Å². The van der Waals surface area contributed by atoms with Crippen LogP contribution in [0.1, 0.15) is 38.3 Å². The van der Waals surface area contributed by atoms with Crippen LogP contribution in [0, 0.1) is 17.8 Å². The minimum absolute atomic E-state index is 0.145. The zero-order valence-electron chi connectivity index (χ0n) is 18.3. The predicted octanol–water partition coefficient (Wildman–Crippen LogP) is 0.897. The SMILES string of the molecule is C#Cc1ccc(CNC(=O)C2CC(O)CN2C(=O)[C@@H](NCCOC)C(C)(C)C)cc1. The first kappa shape index (κ1) is 23.9. The van der Waals surface area contributed by atoms with Crippen molar-refractivity contribution in [3.05, 3.63) is 35.4 Å². The van der Waals surface area contributed by atoms with Crippen LogP contribution in [0.3, 0.4) is 0 Å². The van der Waals surface area contributed by atoms with Crippen molar-refractivity contribution in [1.82, 2.24) is 15.5 Å². The third-order valence-corrected chi connectivity index (χ3v) is 5.22. The van der Waals surface area contributed by atoms with Crippen molar-refractivity contribution in [2.24, 2.45) is 5.41 Å². The summed E-state index contributed by atoms with van der Waals surface area (Å²) in [6.45, 7) is 7.37. The maximum atomic E-state index is 13.3. The minimum atomic E-state index is -0.723. The Morgan fingerprint density at radius 2 is 2.00 bits per heavy atom. The van der Waals surface area contributed by atoms with Crippen LogP contribution in [0.15, 0.2) is 24.3 Å². The number of aliphatic hydroxyl groups is 1. The number of amides is 2. The van der Waals surface area contributed by atoms with E-state index in [1.165, 1.54) is 4.90 Å². The first-order chi connectivity index (χ1) is 14.2. The van der Waals surface area contributed by atoms with Crippen LogP contribution in [-0.4, -0.2) is 66.8 Å². The first-order valence-corrected chi connectivity index (χ1v) is 10.2. The molecule has 2 unspecified atom stereocenters. The summed E-state index contributed by atoms with van der Waals surface area (Å²) in [6, 6.07) is 6.15. The van der Waals surface area contributed by atoms with Gasteiger partial charge in [0.25, 0.3) is 0 Å². The van der Waals surface area contributed by atoms with Gasteiger partial charge in [-0.1, -0.05) is 38.8 Å². The summed E-state index contributed by atoms with van der Waals surface area (Å²) in [5, 5.41) is 16.3. The van der Waals surface area contributed by atoms with Gasteiger partial charge in [0.15, 0.2) is 0 Å². The molecular weight excluding hydrogens is 382 g/mol. The zero-order valence-corrected chi connectivity index (χ0v) is 18.3. The third-order valence-electron chi connectivity index (χ3n) is 5.22. The van der Waals surface area contributed by atoms with Gasteiger partial charge in [-0.25, -0.2) is 0 Å². The van der Waals surface area contributed by atoms with E-state index in [9.17, 15) is 14.7 Å². The van der Waals surface area contributed by atoms with Gasteiger partial charge in [0, 0.05) is 38.7 Å². The summed E-state index contributed by atoms with van der Waals surface area (Å²) < 4.78 is 5.07. The molecule has 0 spiro atoms. The summed E-state index contributed by atoms with van der Waals surface area (Å²) in [7, 11) is 1.60. The number of benzene rings is 1. The lowest BCUT2D eigenvalue weighted by Gasteiger charge is -2.35. The Hall–Kier alpha value is -2.40. The maximum Gasteiger partial charge on any atom is 0.243 e. The van der Waals surface area contributed by atoms with Crippen molar-refractivity contribution in [1.29, 1.82) is 0 Å². The van der Waals surface area contributed by atoms with Crippen LogP contribution < -0.4 is 10.6 Å². The molecule has 1 heterocycles. The number of terminal acetylenes is 1. The van der Waals surface area contributed by atoms with Crippen LogP contribution in [-0.2, 0) is 20.9 Å². The Kier molecular flexibility index (Phi) is 8.42. The van der Waals surface area contributed by atoms with E-state index >= 15 is 0 Å². The van der Waals surface area contributed by atoms with Crippen LogP contribution in [0.2, 0.25) is 0 Å². The van der Waals surface area contributed by atoms with E-state index < -0.39 is 18.2 Å². The summed E-state index contributed by atoms with van der Waals surface area (Å²) in [5.74, 6) is 2.10. The lowest BCUT2D eigenvalue weighted by molar-refractivity contribution is -0.142. The molecule has 3 atom stereocenters. The lowest BCUT2D eigenvalue weighted by Crippen LogP contribution is -2.57. The summed E-state index contributed by atoms with van der Waals surface area (Å²) in [5.41, 5.74) is 1.32. The van der Waals surface area contributed by atoms with E-state index in [0.29, 0.717) is 19.7 Å². The van der Waals surface area contributed by atoms with Gasteiger partial charge in [-0.2, -0.15) is 0 Å². The number of methoxy groups -OCH3 is 1. The molecule has 1 aromatic carbocycles. The number of carbonyl (C=O) groups excluding carboxylic acids is 2. The number of aliphatic hydroxyl groups excluding tert-OH is 1. The van der Waals surface area contributed by atoms with Gasteiger partial charge in [-0.05, 0) is 23.1 Å². The number of rotatable bonds is 8. The Labute approximate surface area is 179 Å². The second kappa shape index (κ2) is 10.6. The highest BCUT2D eigenvalue weighted by molar-refractivity contribution is 5.91. The molecule has 3 N–H and O–H groups in total. The normalized spacial score (nSPS) is 19.9. The number of hydrogen-bond acceptors (Lipinski definition) is 5. The maximum absolute atomic E-state index is 13.3. The molecular formula is C23H33N3O4. The van der Waals surface area contributed by atoms with Gasteiger partial charge in [-0.3, -0.25) is 9.59 Å².